The first-order valence-electron chi connectivity index (χ1n) is 15.3. The van der Waals surface area contributed by atoms with Crippen molar-refractivity contribution in [2.45, 2.75) is 70.5 Å². The van der Waals surface area contributed by atoms with Gasteiger partial charge < -0.3 is 10.2 Å². The lowest BCUT2D eigenvalue weighted by atomic mass is 10.0. The molecule has 0 saturated heterocycles. The zero-order valence-corrected chi connectivity index (χ0v) is 27.5. The Bertz CT molecular complexity index is 1650. The van der Waals surface area contributed by atoms with Crippen molar-refractivity contribution < 1.29 is 18.0 Å². The first-order chi connectivity index (χ1) is 21.5. The third kappa shape index (κ3) is 8.82. The first kappa shape index (κ1) is 33.5. The predicted molar refractivity (Wildman–Crippen MR) is 180 cm³/mol. The summed E-state index contributed by atoms with van der Waals surface area (Å²) in [5.74, 6) is -0.529. The average Bonchev–Trinajstić information content (AvgIpc) is 3.03. The Hall–Kier alpha value is -4.43. The molecule has 0 saturated carbocycles. The molecule has 4 aromatic carbocycles. The number of aryl methyl sites for hydroxylation is 1. The number of rotatable bonds is 13. The Balaban J connectivity index is 1.80. The van der Waals surface area contributed by atoms with E-state index in [1.807, 2.05) is 87.5 Å². The van der Waals surface area contributed by atoms with Gasteiger partial charge in [0.25, 0.3) is 10.0 Å². The van der Waals surface area contributed by atoms with Crippen LogP contribution >= 0.6 is 0 Å². The highest BCUT2D eigenvalue weighted by Crippen LogP contribution is 2.27. The molecule has 2 amide bonds. The van der Waals surface area contributed by atoms with E-state index in [-0.39, 0.29) is 35.7 Å². The van der Waals surface area contributed by atoms with E-state index in [2.05, 4.69) is 19.2 Å². The Morgan fingerprint density at radius 1 is 0.733 bits per heavy atom. The SMILES string of the molecule is Cc1ccc(CN(C(=O)CN(c2ccc(C(C)C)cc2)S(=O)(=O)c2ccccc2)C(Cc2ccccc2)C(=O)NC(C)C)cc1. The molecule has 0 radical (unpaired) electrons. The number of anilines is 1. The summed E-state index contributed by atoms with van der Waals surface area (Å²) in [4.78, 5) is 29.9. The Morgan fingerprint density at radius 3 is 1.87 bits per heavy atom. The third-order valence-electron chi connectivity index (χ3n) is 7.63. The molecule has 4 aromatic rings. The van der Waals surface area contributed by atoms with Gasteiger partial charge in [0.2, 0.25) is 11.8 Å². The molecule has 0 aliphatic rings. The Kier molecular flexibility index (Phi) is 11.2. The Labute approximate surface area is 268 Å². The number of carbonyl (C=O) groups excluding carboxylic acids is 2. The molecule has 0 aliphatic carbocycles. The molecule has 0 spiro atoms. The molecule has 1 unspecified atom stereocenters. The summed E-state index contributed by atoms with van der Waals surface area (Å²) in [6, 6.07) is 31.6. The van der Waals surface area contributed by atoms with Crippen molar-refractivity contribution in [1.82, 2.24) is 10.2 Å². The molecule has 8 heteroatoms. The maximum atomic E-state index is 14.5. The second kappa shape index (κ2) is 15.0. The lowest BCUT2D eigenvalue weighted by Crippen LogP contribution is -2.54. The minimum atomic E-state index is -4.13. The maximum absolute atomic E-state index is 14.5. The van der Waals surface area contributed by atoms with Gasteiger partial charge in [-0.1, -0.05) is 104 Å². The molecule has 1 atom stereocenters. The second-order valence-electron chi connectivity index (χ2n) is 11.9. The molecule has 0 bridgehead atoms. The van der Waals surface area contributed by atoms with E-state index in [9.17, 15) is 18.0 Å². The molecule has 4 rings (SSSR count). The minimum Gasteiger partial charge on any atom is -0.352 e. The zero-order chi connectivity index (χ0) is 32.6. The Morgan fingerprint density at radius 2 is 1.31 bits per heavy atom. The van der Waals surface area contributed by atoms with Gasteiger partial charge in [0.15, 0.2) is 0 Å². The van der Waals surface area contributed by atoms with E-state index >= 15 is 0 Å². The molecule has 0 aliphatic heterocycles. The van der Waals surface area contributed by atoms with Gasteiger partial charge in [-0.2, -0.15) is 0 Å². The smallest absolute Gasteiger partial charge is 0.264 e. The number of hydrogen-bond acceptors (Lipinski definition) is 4. The number of amides is 2. The number of nitrogens with zero attached hydrogens (tertiary/aromatic N) is 2. The monoisotopic (exact) mass is 625 g/mol. The quantitative estimate of drug-likeness (QED) is 0.184. The lowest BCUT2D eigenvalue weighted by molar-refractivity contribution is -0.140. The molecule has 7 nitrogen and oxygen atoms in total. The van der Waals surface area contributed by atoms with E-state index in [1.54, 1.807) is 30.3 Å². The molecular weight excluding hydrogens is 582 g/mol. The number of hydrogen-bond donors (Lipinski definition) is 1. The third-order valence-corrected chi connectivity index (χ3v) is 9.42. The van der Waals surface area contributed by atoms with Gasteiger partial charge in [-0.25, -0.2) is 8.42 Å². The van der Waals surface area contributed by atoms with Crippen molar-refractivity contribution in [2.24, 2.45) is 0 Å². The standard InChI is InChI=1S/C37H43N3O4S/c1-27(2)32-20-22-33(23-21-32)40(45(43,44)34-14-10-7-11-15-34)26-36(41)39(25-31-18-16-29(5)17-19-31)35(37(42)38-28(3)4)24-30-12-8-6-9-13-30/h6-23,27-28,35H,24-26H2,1-5H3,(H,38,42). The topological polar surface area (TPSA) is 86.8 Å². The highest BCUT2D eigenvalue weighted by atomic mass is 32.2. The van der Waals surface area contributed by atoms with Crippen LogP contribution in [0.2, 0.25) is 0 Å². The fourth-order valence-electron chi connectivity index (χ4n) is 5.10. The van der Waals surface area contributed by atoms with Gasteiger partial charge in [-0.3, -0.25) is 13.9 Å². The van der Waals surface area contributed by atoms with E-state index in [0.29, 0.717) is 5.69 Å². The highest BCUT2D eigenvalue weighted by Gasteiger charge is 2.34. The van der Waals surface area contributed by atoms with Gasteiger partial charge in [-0.05, 0) is 67.6 Å². The van der Waals surface area contributed by atoms with Crippen molar-refractivity contribution in [3.8, 4) is 0 Å². The maximum Gasteiger partial charge on any atom is 0.264 e. The van der Waals surface area contributed by atoms with Crippen LogP contribution in [0.4, 0.5) is 5.69 Å². The summed E-state index contributed by atoms with van der Waals surface area (Å²) in [6.45, 7) is 9.51. The van der Waals surface area contributed by atoms with Crippen molar-refractivity contribution >= 4 is 27.5 Å². The van der Waals surface area contributed by atoms with Crippen LogP contribution < -0.4 is 9.62 Å². The number of sulfonamides is 1. The van der Waals surface area contributed by atoms with Crippen LogP contribution in [0.5, 0.6) is 0 Å². The summed E-state index contributed by atoms with van der Waals surface area (Å²) in [6.07, 6.45) is 0.269. The second-order valence-corrected chi connectivity index (χ2v) is 13.8. The average molecular weight is 626 g/mol. The van der Waals surface area contributed by atoms with Crippen LogP contribution in [0.25, 0.3) is 0 Å². The van der Waals surface area contributed by atoms with Crippen LogP contribution in [-0.4, -0.2) is 43.8 Å². The molecule has 1 N–H and O–H groups in total. The minimum absolute atomic E-state index is 0.0780. The summed E-state index contributed by atoms with van der Waals surface area (Å²) in [5, 5.41) is 2.99. The van der Waals surface area contributed by atoms with Gasteiger partial charge >= 0.3 is 0 Å². The van der Waals surface area contributed by atoms with Crippen LogP contribution in [0, 0.1) is 6.92 Å². The zero-order valence-electron chi connectivity index (χ0n) is 26.7. The van der Waals surface area contributed by atoms with Crippen LogP contribution in [0.3, 0.4) is 0 Å². The summed E-state index contributed by atoms with van der Waals surface area (Å²) in [7, 11) is -4.13. The first-order valence-corrected chi connectivity index (χ1v) is 16.8. The fraction of sp³-hybridized carbons (Fsp3) is 0.297. The molecule has 0 heterocycles. The van der Waals surface area contributed by atoms with Crippen molar-refractivity contribution in [1.29, 1.82) is 0 Å². The van der Waals surface area contributed by atoms with Crippen LogP contribution in [0.15, 0.2) is 114 Å². The highest BCUT2D eigenvalue weighted by molar-refractivity contribution is 7.92. The van der Waals surface area contributed by atoms with E-state index < -0.39 is 28.5 Å². The number of carbonyl (C=O) groups is 2. The lowest BCUT2D eigenvalue weighted by Gasteiger charge is -2.34. The van der Waals surface area contributed by atoms with Crippen molar-refractivity contribution in [2.75, 3.05) is 10.8 Å². The largest absolute Gasteiger partial charge is 0.352 e. The van der Waals surface area contributed by atoms with E-state index in [1.165, 1.54) is 17.0 Å². The molecular formula is C37H43N3O4S. The summed E-state index contributed by atoms with van der Waals surface area (Å²) in [5.41, 5.74) is 4.22. The van der Waals surface area contributed by atoms with Gasteiger partial charge in [0.1, 0.15) is 12.6 Å². The molecule has 236 valence electrons. The number of nitrogens with one attached hydrogen (secondary N) is 1. The van der Waals surface area contributed by atoms with E-state index in [4.69, 9.17) is 0 Å². The molecule has 0 fully saturated rings. The fourth-order valence-corrected chi connectivity index (χ4v) is 6.53. The molecule has 45 heavy (non-hydrogen) atoms. The summed E-state index contributed by atoms with van der Waals surface area (Å²) >= 11 is 0. The van der Waals surface area contributed by atoms with Gasteiger partial charge in [0, 0.05) is 19.0 Å². The van der Waals surface area contributed by atoms with Crippen molar-refractivity contribution in [3.05, 3.63) is 131 Å². The van der Waals surface area contributed by atoms with Gasteiger partial charge in [0.05, 0.1) is 10.6 Å². The van der Waals surface area contributed by atoms with E-state index in [0.717, 1.165) is 26.6 Å². The predicted octanol–water partition coefficient (Wildman–Crippen LogP) is 6.48. The normalized spacial score (nSPS) is 12.2. The van der Waals surface area contributed by atoms with Gasteiger partial charge in [-0.15, -0.1) is 0 Å². The summed E-state index contributed by atoms with van der Waals surface area (Å²) < 4.78 is 29.4. The van der Waals surface area contributed by atoms with Crippen LogP contribution in [-0.2, 0) is 32.6 Å². The number of benzene rings is 4. The van der Waals surface area contributed by atoms with Crippen LogP contribution in [0.1, 0.15) is 55.9 Å². The molecule has 0 aromatic heterocycles. The van der Waals surface area contributed by atoms with Crippen molar-refractivity contribution in [3.63, 3.8) is 0 Å².